The van der Waals surface area contributed by atoms with Crippen LogP contribution in [0, 0.1) is 0 Å². The third-order valence-corrected chi connectivity index (χ3v) is 3.44. The molecule has 0 saturated heterocycles. The lowest BCUT2D eigenvalue weighted by Crippen LogP contribution is -2.11. The zero-order valence-corrected chi connectivity index (χ0v) is 12.0. The Bertz CT molecular complexity index is 427. The van der Waals surface area contributed by atoms with Crippen LogP contribution >= 0.6 is 31.9 Å². The van der Waals surface area contributed by atoms with Crippen LogP contribution in [0.5, 0.6) is 0 Å². The predicted molar refractivity (Wildman–Crippen MR) is 65.2 cm³/mol. The summed E-state index contributed by atoms with van der Waals surface area (Å²) in [6.07, 6.45) is -1.80. The molecule has 1 aromatic rings. The molecule has 94 valence electrons. The summed E-state index contributed by atoms with van der Waals surface area (Å²) in [5.74, 6) is -0.563. The zero-order valence-electron chi connectivity index (χ0n) is 8.84. The Morgan fingerprint density at radius 3 is 2.65 bits per heavy atom. The number of halogens is 4. The summed E-state index contributed by atoms with van der Waals surface area (Å²) in [5.41, 5.74) is 0.548. The van der Waals surface area contributed by atoms with E-state index in [1.165, 1.54) is 7.11 Å². The van der Waals surface area contributed by atoms with E-state index in [1.54, 1.807) is 0 Å². The van der Waals surface area contributed by atoms with Gasteiger partial charge in [-0.2, -0.15) is 0 Å². The highest BCUT2D eigenvalue weighted by molar-refractivity contribution is 9.10. The van der Waals surface area contributed by atoms with Crippen molar-refractivity contribution in [2.75, 3.05) is 7.11 Å². The number of aromatic nitrogens is 1. The van der Waals surface area contributed by atoms with Gasteiger partial charge in [-0.3, -0.25) is 4.79 Å². The average molecular weight is 373 g/mol. The van der Waals surface area contributed by atoms with Crippen molar-refractivity contribution in [1.82, 2.24) is 4.98 Å². The Hall–Kier alpha value is -0.560. The van der Waals surface area contributed by atoms with E-state index in [0.29, 0.717) is 15.5 Å². The second kappa shape index (κ2) is 6.39. The van der Waals surface area contributed by atoms with Gasteiger partial charge in [0.1, 0.15) is 4.60 Å². The van der Waals surface area contributed by atoms with Crippen molar-refractivity contribution < 1.29 is 18.3 Å². The normalized spacial score (nSPS) is 10.7. The van der Waals surface area contributed by atoms with Gasteiger partial charge in [0.25, 0.3) is 6.43 Å². The van der Waals surface area contributed by atoms with Gasteiger partial charge in [-0.25, -0.2) is 13.8 Å². The molecule has 1 rings (SSSR count). The number of methoxy groups -OCH3 is 1. The molecule has 7 heteroatoms. The van der Waals surface area contributed by atoms with Gasteiger partial charge >= 0.3 is 5.97 Å². The van der Waals surface area contributed by atoms with E-state index in [1.807, 2.05) is 0 Å². The van der Waals surface area contributed by atoms with Gasteiger partial charge in [0.2, 0.25) is 0 Å². The second-order valence-electron chi connectivity index (χ2n) is 3.15. The Morgan fingerprint density at radius 1 is 1.53 bits per heavy atom. The molecule has 0 fully saturated rings. The number of carbonyl (C=O) groups excluding carboxylic acids is 1. The fourth-order valence-corrected chi connectivity index (χ4v) is 2.79. The number of carbonyl (C=O) groups is 1. The highest BCUT2D eigenvalue weighted by Gasteiger charge is 2.21. The molecule has 0 atom stereocenters. The summed E-state index contributed by atoms with van der Waals surface area (Å²) >= 11 is 6.35. The minimum Gasteiger partial charge on any atom is -0.469 e. The van der Waals surface area contributed by atoms with Crippen LogP contribution in [0.1, 0.15) is 23.1 Å². The summed E-state index contributed by atoms with van der Waals surface area (Å²) in [6, 6.07) is 0. The number of esters is 1. The van der Waals surface area contributed by atoms with E-state index in [4.69, 9.17) is 0 Å². The van der Waals surface area contributed by atoms with Gasteiger partial charge in [0, 0.05) is 17.1 Å². The zero-order chi connectivity index (χ0) is 13.0. The van der Waals surface area contributed by atoms with E-state index in [2.05, 4.69) is 41.6 Å². The van der Waals surface area contributed by atoms with Crippen LogP contribution in [-0.2, 0) is 21.3 Å². The second-order valence-corrected chi connectivity index (χ2v) is 4.46. The number of pyridine rings is 1. The van der Waals surface area contributed by atoms with Crippen molar-refractivity contribution in [3.05, 3.63) is 27.5 Å². The number of alkyl halides is 3. The van der Waals surface area contributed by atoms with E-state index in [-0.39, 0.29) is 17.5 Å². The summed E-state index contributed by atoms with van der Waals surface area (Å²) < 4.78 is 30.6. The van der Waals surface area contributed by atoms with Gasteiger partial charge < -0.3 is 4.74 Å². The molecular weight excluding hydrogens is 364 g/mol. The van der Waals surface area contributed by atoms with E-state index in [0.717, 1.165) is 6.20 Å². The van der Waals surface area contributed by atoms with Crippen LogP contribution < -0.4 is 0 Å². The maximum absolute atomic E-state index is 12.8. The van der Waals surface area contributed by atoms with Gasteiger partial charge in [-0.1, -0.05) is 15.9 Å². The van der Waals surface area contributed by atoms with Crippen molar-refractivity contribution in [3.63, 3.8) is 0 Å². The molecule has 17 heavy (non-hydrogen) atoms. The molecule has 1 aromatic heterocycles. The van der Waals surface area contributed by atoms with Crippen molar-refractivity contribution in [1.29, 1.82) is 0 Å². The van der Waals surface area contributed by atoms with Crippen LogP contribution in [-0.4, -0.2) is 18.1 Å². The maximum atomic E-state index is 12.8. The first-order valence-corrected chi connectivity index (χ1v) is 6.49. The molecule has 3 nitrogen and oxygen atoms in total. The maximum Gasteiger partial charge on any atom is 0.310 e. The minimum absolute atomic E-state index is 0.196. The number of hydrogen-bond acceptors (Lipinski definition) is 3. The van der Waals surface area contributed by atoms with Gasteiger partial charge in [0.15, 0.2) is 0 Å². The summed E-state index contributed by atoms with van der Waals surface area (Å²) in [6.45, 7) is 0. The molecule has 0 aliphatic heterocycles. The summed E-state index contributed by atoms with van der Waals surface area (Å²) in [7, 11) is 1.22. The quantitative estimate of drug-likeness (QED) is 0.462. The lowest BCUT2D eigenvalue weighted by Gasteiger charge is -2.13. The molecule has 0 N–H and O–H groups in total. The summed E-state index contributed by atoms with van der Waals surface area (Å²) in [4.78, 5) is 15.0. The van der Waals surface area contributed by atoms with Gasteiger partial charge in [-0.15, -0.1) is 0 Å². The van der Waals surface area contributed by atoms with Crippen LogP contribution in [0.3, 0.4) is 0 Å². The molecule has 0 spiro atoms. The number of nitrogens with zero attached hydrogens (tertiary/aromatic N) is 1. The number of rotatable bonds is 4. The molecule has 0 aromatic carbocycles. The lowest BCUT2D eigenvalue weighted by atomic mass is 10.0. The smallest absolute Gasteiger partial charge is 0.310 e. The Labute approximate surface area is 114 Å². The molecule has 0 aliphatic carbocycles. The molecule has 0 radical (unpaired) electrons. The Balaban J connectivity index is 3.28. The van der Waals surface area contributed by atoms with Crippen LogP contribution in [0.15, 0.2) is 10.8 Å². The van der Waals surface area contributed by atoms with Crippen molar-refractivity contribution in [2.24, 2.45) is 0 Å². The third-order valence-electron chi connectivity index (χ3n) is 2.20. The average Bonchev–Trinajstić information content (AvgIpc) is 2.28. The first-order valence-electron chi connectivity index (χ1n) is 4.58. The monoisotopic (exact) mass is 371 g/mol. The van der Waals surface area contributed by atoms with E-state index in [9.17, 15) is 13.6 Å². The number of ether oxygens (including phenoxy) is 1. The highest BCUT2D eigenvalue weighted by atomic mass is 79.9. The minimum atomic E-state index is -2.67. The van der Waals surface area contributed by atoms with E-state index < -0.39 is 12.4 Å². The van der Waals surface area contributed by atoms with Crippen LogP contribution in [0.25, 0.3) is 0 Å². The van der Waals surface area contributed by atoms with Crippen LogP contribution in [0.2, 0.25) is 0 Å². The molecule has 1 heterocycles. The van der Waals surface area contributed by atoms with Crippen molar-refractivity contribution in [2.45, 2.75) is 18.2 Å². The molecule has 0 amide bonds. The fraction of sp³-hybridized carbons (Fsp3) is 0.400. The molecule has 0 bridgehead atoms. The van der Waals surface area contributed by atoms with Crippen molar-refractivity contribution >= 4 is 37.8 Å². The first kappa shape index (κ1) is 14.5. The molecule has 0 aliphatic rings. The topological polar surface area (TPSA) is 39.2 Å². The SMILES string of the molecule is COC(=O)Cc1c(C(F)F)cnc(Br)c1CBr. The fourth-order valence-electron chi connectivity index (χ4n) is 1.33. The highest BCUT2D eigenvalue weighted by Crippen LogP contribution is 2.30. The third kappa shape index (κ3) is 3.45. The largest absolute Gasteiger partial charge is 0.469 e. The lowest BCUT2D eigenvalue weighted by molar-refractivity contribution is -0.139. The number of hydrogen-bond donors (Lipinski definition) is 0. The molecule has 0 saturated carbocycles. The Kier molecular flexibility index (Phi) is 5.45. The first-order chi connectivity index (χ1) is 8.01. The summed E-state index contributed by atoms with van der Waals surface area (Å²) in [5, 5.41) is 0.327. The standard InChI is InChI=1S/C10H9Br2F2NO2/c1-17-8(16)2-5-6(3-11)9(12)15-4-7(5)10(13)14/h4,10H,2-3H2,1H3. The molecular formula is C10H9Br2F2NO2. The Morgan fingerprint density at radius 2 is 2.18 bits per heavy atom. The van der Waals surface area contributed by atoms with Gasteiger partial charge in [-0.05, 0) is 27.1 Å². The van der Waals surface area contributed by atoms with E-state index >= 15 is 0 Å². The van der Waals surface area contributed by atoms with Gasteiger partial charge in [0.05, 0.1) is 13.5 Å². The predicted octanol–water partition coefficient (Wildman–Crippen LogP) is 3.39. The van der Waals surface area contributed by atoms with Crippen molar-refractivity contribution in [3.8, 4) is 0 Å². The molecule has 0 unspecified atom stereocenters. The van der Waals surface area contributed by atoms with Crippen LogP contribution in [0.4, 0.5) is 8.78 Å².